The number of aromatic nitrogens is 1. The summed E-state index contributed by atoms with van der Waals surface area (Å²) in [6.07, 6.45) is 0. The molecule has 7 aromatic carbocycles. The van der Waals surface area contributed by atoms with E-state index in [9.17, 15) is 0 Å². The van der Waals surface area contributed by atoms with Gasteiger partial charge in [-0.3, -0.25) is 0 Å². The second-order valence-electron chi connectivity index (χ2n) is 12.4. The molecule has 0 aliphatic carbocycles. The highest BCUT2D eigenvalue weighted by Crippen LogP contribution is 2.44. The quantitative estimate of drug-likeness (QED) is 0.190. The zero-order chi connectivity index (χ0) is 32.1. The lowest BCUT2D eigenvalue weighted by Gasteiger charge is -2.25. The maximum atomic E-state index is 6.35. The van der Waals surface area contributed by atoms with Crippen molar-refractivity contribution >= 4 is 104 Å². The minimum absolute atomic E-state index is 0.638. The van der Waals surface area contributed by atoms with Gasteiger partial charge in [0.2, 0.25) is 5.89 Å². The molecule has 11 aromatic rings. The Bertz CT molecular complexity index is 3070. The number of oxazole rings is 1. The molecule has 0 unspecified atom stereocenters. The summed E-state index contributed by atoms with van der Waals surface area (Å²) in [5.74, 6) is 0.638. The van der Waals surface area contributed by atoms with Crippen LogP contribution >= 0.6 is 11.3 Å². The molecule has 0 N–H and O–H groups in total. The predicted octanol–water partition coefficient (Wildman–Crippen LogP) is 13.1. The maximum absolute atomic E-state index is 6.35. The lowest BCUT2D eigenvalue weighted by molar-refractivity contribution is 0.620. The number of hydrogen-bond donors (Lipinski definition) is 0. The third-order valence-corrected chi connectivity index (χ3v) is 10.6. The number of anilines is 3. The average Bonchev–Trinajstić information content (AvgIpc) is 3.91. The minimum atomic E-state index is 0.638. The molecule has 0 fully saturated rings. The fourth-order valence-electron chi connectivity index (χ4n) is 7.18. The number of nitrogens with zero attached hydrogens (tertiary/aromatic N) is 2. The molecule has 230 valence electrons. The van der Waals surface area contributed by atoms with Crippen molar-refractivity contribution in [3.8, 4) is 11.5 Å². The number of thiophene rings is 1. The summed E-state index contributed by atoms with van der Waals surface area (Å²) in [6, 6.07) is 50.4. The number of rotatable bonds is 4. The van der Waals surface area contributed by atoms with E-state index in [1.807, 2.05) is 54.6 Å². The van der Waals surface area contributed by atoms with Crippen molar-refractivity contribution in [2.24, 2.45) is 0 Å². The van der Waals surface area contributed by atoms with Gasteiger partial charge in [0, 0.05) is 76.5 Å². The lowest BCUT2D eigenvalue weighted by Crippen LogP contribution is -2.09. The minimum Gasteiger partial charge on any atom is -0.456 e. The Morgan fingerprint density at radius 1 is 0.408 bits per heavy atom. The molecule has 4 heterocycles. The third kappa shape index (κ3) is 4.08. The highest BCUT2D eigenvalue weighted by atomic mass is 32.1. The second kappa shape index (κ2) is 10.1. The van der Waals surface area contributed by atoms with Crippen LogP contribution in [0.3, 0.4) is 0 Å². The Balaban J connectivity index is 1.10. The number of furan rings is 2. The van der Waals surface area contributed by atoms with E-state index in [1.54, 1.807) is 11.3 Å². The van der Waals surface area contributed by atoms with Gasteiger partial charge in [0.25, 0.3) is 0 Å². The van der Waals surface area contributed by atoms with Crippen molar-refractivity contribution in [1.82, 2.24) is 4.98 Å². The van der Waals surface area contributed by atoms with E-state index >= 15 is 0 Å². The van der Waals surface area contributed by atoms with Crippen molar-refractivity contribution in [1.29, 1.82) is 0 Å². The first-order valence-electron chi connectivity index (χ1n) is 16.2. The highest BCUT2D eigenvalue weighted by Gasteiger charge is 2.19. The summed E-state index contributed by atoms with van der Waals surface area (Å²) in [5, 5.41) is 6.76. The highest BCUT2D eigenvalue weighted by molar-refractivity contribution is 7.25. The molecule has 0 amide bonds. The molecule has 0 radical (unpaired) electrons. The van der Waals surface area contributed by atoms with Crippen LogP contribution in [0.4, 0.5) is 17.1 Å². The zero-order valence-corrected chi connectivity index (χ0v) is 26.7. The van der Waals surface area contributed by atoms with Gasteiger partial charge in [0.15, 0.2) is 5.58 Å². The van der Waals surface area contributed by atoms with Gasteiger partial charge in [0.05, 0.1) is 0 Å². The number of hydrogen-bond acceptors (Lipinski definition) is 6. The topological polar surface area (TPSA) is 55.6 Å². The number of fused-ring (bicyclic) bond motifs is 10. The molecule has 0 spiro atoms. The van der Waals surface area contributed by atoms with Gasteiger partial charge in [0.1, 0.15) is 27.8 Å². The average molecular weight is 649 g/mol. The molecule has 5 nitrogen and oxygen atoms in total. The summed E-state index contributed by atoms with van der Waals surface area (Å²) in [6.45, 7) is 0. The Morgan fingerprint density at radius 2 is 1.02 bits per heavy atom. The van der Waals surface area contributed by atoms with Gasteiger partial charge in [-0.25, -0.2) is 4.98 Å². The van der Waals surface area contributed by atoms with Crippen LogP contribution in [-0.2, 0) is 0 Å². The predicted molar refractivity (Wildman–Crippen MR) is 202 cm³/mol. The van der Waals surface area contributed by atoms with Gasteiger partial charge in [-0.2, -0.15) is 0 Å². The van der Waals surface area contributed by atoms with Crippen molar-refractivity contribution in [2.45, 2.75) is 0 Å². The van der Waals surface area contributed by atoms with Crippen molar-refractivity contribution in [2.75, 3.05) is 4.90 Å². The molecule has 0 saturated heterocycles. The van der Waals surface area contributed by atoms with E-state index in [0.717, 1.165) is 82.3 Å². The molecule has 0 atom stereocenters. The lowest BCUT2D eigenvalue weighted by atomic mass is 10.1. The normalized spacial score (nSPS) is 12.1. The molecule has 0 saturated carbocycles. The van der Waals surface area contributed by atoms with E-state index < -0.39 is 0 Å². The SMILES string of the molecule is c1ccc(-c2nc3cc4c(cc3o2)sc2cc(N(c3ccc5c(c3)oc3ccccc35)c3ccc5oc6ccccc6c5c3)ccc24)cc1. The smallest absolute Gasteiger partial charge is 0.227 e. The molecule has 4 aromatic heterocycles. The van der Waals surface area contributed by atoms with Crippen LogP contribution in [0.5, 0.6) is 0 Å². The van der Waals surface area contributed by atoms with Crippen LogP contribution in [0.25, 0.3) is 86.6 Å². The van der Waals surface area contributed by atoms with Crippen LogP contribution in [-0.4, -0.2) is 4.98 Å². The first kappa shape index (κ1) is 26.7. The number of para-hydroxylation sites is 2. The fourth-order valence-corrected chi connectivity index (χ4v) is 8.33. The van der Waals surface area contributed by atoms with Gasteiger partial charge >= 0.3 is 0 Å². The molecular formula is C43H24N2O3S. The third-order valence-electron chi connectivity index (χ3n) is 9.48. The summed E-state index contributed by atoms with van der Waals surface area (Å²) < 4.78 is 21.1. The Labute approximate surface area is 282 Å². The summed E-state index contributed by atoms with van der Waals surface area (Å²) >= 11 is 1.77. The van der Waals surface area contributed by atoms with Gasteiger partial charge in [-0.15, -0.1) is 11.3 Å². The monoisotopic (exact) mass is 648 g/mol. The van der Waals surface area contributed by atoms with Gasteiger partial charge in [-0.05, 0) is 72.8 Å². The first-order chi connectivity index (χ1) is 24.2. The Hall–Kier alpha value is -6.37. The molecule has 11 rings (SSSR count). The summed E-state index contributed by atoms with van der Waals surface area (Å²) in [5.41, 5.74) is 9.20. The van der Waals surface area contributed by atoms with Gasteiger partial charge in [-0.1, -0.05) is 60.7 Å². The molecule has 49 heavy (non-hydrogen) atoms. The summed E-state index contributed by atoms with van der Waals surface area (Å²) in [4.78, 5) is 7.14. The van der Waals surface area contributed by atoms with Crippen LogP contribution in [0.15, 0.2) is 159 Å². The largest absolute Gasteiger partial charge is 0.456 e. The van der Waals surface area contributed by atoms with Crippen LogP contribution in [0.2, 0.25) is 0 Å². The van der Waals surface area contributed by atoms with Crippen LogP contribution in [0, 0.1) is 0 Å². The van der Waals surface area contributed by atoms with Crippen molar-refractivity contribution in [3.05, 3.63) is 146 Å². The standard InChI is InChI=1S/C43H24N2O3S/c1-2-8-25(9-3-1)43-44-35-23-34-32-18-15-28(22-41(32)49-42(34)24-40(35)48-43)45(26-16-19-38-33(20-26)30-11-5-7-13-37(30)46-38)27-14-17-31-29-10-4-6-12-36(29)47-39(31)21-27/h1-24H. The first-order valence-corrected chi connectivity index (χ1v) is 17.0. The summed E-state index contributed by atoms with van der Waals surface area (Å²) in [7, 11) is 0. The van der Waals surface area contributed by atoms with Gasteiger partial charge < -0.3 is 18.2 Å². The van der Waals surface area contributed by atoms with E-state index in [1.165, 1.54) is 15.5 Å². The molecular weight excluding hydrogens is 625 g/mol. The van der Waals surface area contributed by atoms with E-state index in [0.29, 0.717) is 5.89 Å². The van der Waals surface area contributed by atoms with E-state index in [4.69, 9.17) is 18.2 Å². The second-order valence-corrected chi connectivity index (χ2v) is 13.5. The number of benzene rings is 7. The van der Waals surface area contributed by atoms with Crippen molar-refractivity contribution in [3.63, 3.8) is 0 Å². The molecule has 0 bridgehead atoms. The van der Waals surface area contributed by atoms with Crippen LogP contribution in [0.1, 0.15) is 0 Å². The maximum Gasteiger partial charge on any atom is 0.227 e. The Kier molecular flexibility index (Phi) is 5.48. The molecule has 0 aliphatic heterocycles. The Morgan fingerprint density at radius 3 is 1.86 bits per heavy atom. The molecule has 6 heteroatoms. The van der Waals surface area contributed by atoms with E-state index in [2.05, 4.69) is 95.9 Å². The van der Waals surface area contributed by atoms with E-state index in [-0.39, 0.29) is 0 Å². The van der Waals surface area contributed by atoms with Crippen molar-refractivity contribution < 1.29 is 13.3 Å². The molecule has 0 aliphatic rings. The van der Waals surface area contributed by atoms with Crippen LogP contribution < -0.4 is 4.90 Å². The zero-order valence-electron chi connectivity index (χ0n) is 25.9. The fraction of sp³-hybridized carbons (Fsp3) is 0.